The van der Waals surface area contributed by atoms with Gasteiger partial charge in [-0.3, -0.25) is 9.59 Å². The van der Waals surface area contributed by atoms with E-state index in [1.54, 1.807) is 0 Å². The fourth-order valence-electron chi connectivity index (χ4n) is 4.96. The minimum Gasteiger partial charge on any atom is -0.343 e. The highest BCUT2D eigenvalue weighted by atomic mass is 16.2. The first-order chi connectivity index (χ1) is 12.5. The Labute approximate surface area is 158 Å². The molecule has 0 spiro atoms. The van der Waals surface area contributed by atoms with Crippen LogP contribution in [0.2, 0.25) is 0 Å². The minimum atomic E-state index is 0.129. The van der Waals surface area contributed by atoms with Crippen LogP contribution in [0, 0.1) is 23.7 Å². The number of carbonyl (C=O) groups is 2. The molecule has 3 unspecified atom stereocenters. The van der Waals surface area contributed by atoms with E-state index < -0.39 is 0 Å². The third kappa shape index (κ3) is 4.99. The van der Waals surface area contributed by atoms with E-state index in [0.717, 1.165) is 58.5 Å². The Balaban J connectivity index is 1.42. The smallest absolute Gasteiger partial charge is 0.225 e. The monoisotopic (exact) mass is 363 g/mol. The van der Waals surface area contributed by atoms with Crippen molar-refractivity contribution in [1.29, 1.82) is 0 Å². The summed E-state index contributed by atoms with van der Waals surface area (Å²) >= 11 is 0. The summed E-state index contributed by atoms with van der Waals surface area (Å²) in [6, 6.07) is 0. The molecule has 3 aliphatic heterocycles. The van der Waals surface area contributed by atoms with Crippen LogP contribution >= 0.6 is 0 Å². The van der Waals surface area contributed by atoms with Crippen molar-refractivity contribution >= 4 is 11.8 Å². The third-order valence-electron chi connectivity index (χ3n) is 6.80. The molecule has 3 saturated heterocycles. The van der Waals surface area contributed by atoms with Gasteiger partial charge in [0.15, 0.2) is 0 Å². The van der Waals surface area contributed by atoms with Gasteiger partial charge in [0.25, 0.3) is 0 Å². The third-order valence-corrected chi connectivity index (χ3v) is 6.80. The molecule has 0 radical (unpaired) electrons. The molecule has 3 atom stereocenters. The van der Waals surface area contributed by atoms with Crippen LogP contribution in [-0.2, 0) is 9.59 Å². The van der Waals surface area contributed by atoms with Gasteiger partial charge in [-0.15, -0.1) is 0 Å². The molecule has 5 heteroatoms. The van der Waals surface area contributed by atoms with Crippen LogP contribution in [0.1, 0.15) is 58.8 Å². The highest BCUT2D eigenvalue weighted by molar-refractivity contribution is 5.80. The predicted molar refractivity (Wildman–Crippen MR) is 104 cm³/mol. The lowest BCUT2D eigenvalue weighted by molar-refractivity contribution is -0.142. The first-order valence-corrected chi connectivity index (χ1v) is 10.8. The van der Waals surface area contributed by atoms with Crippen molar-refractivity contribution in [3.05, 3.63) is 0 Å². The van der Waals surface area contributed by atoms with Crippen molar-refractivity contribution in [2.45, 2.75) is 58.8 Å². The van der Waals surface area contributed by atoms with Gasteiger partial charge in [0.05, 0.1) is 0 Å². The lowest BCUT2D eigenvalue weighted by atomic mass is 9.85. The van der Waals surface area contributed by atoms with Gasteiger partial charge in [-0.25, -0.2) is 0 Å². The summed E-state index contributed by atoms with van der Waals surface area (Å²) in [4.78, 5) is 29.5. The summed E-state index contributed by atoms with van der Waals surface area (Å²) in [6.07, 6.45) is 7.19. The van der Waals surface area contributed by atoms with Crippen LogP contribution in [0.3, 0.4) is 0 Å². The van der Waals surface area contributed by atoms with E-state index in [0.29, 0.717) is 36.0 Å². The molecule has 0 bridgehead atoms. The largest absolute Gasteiger partial charge is 0.343 e. The second-order valence-corrected chi connectivity index (χ2v) is 8.97. The molecular formula is C21H37N3O2. The summed E-state index contributed by atoms with van der Waals surface area (Å²) in [7, 11) is 0. The molecule has 0 aromatic heterocycles. The fourth-order valence-corrected chi connectivity index (χ4v) is 4.96. The van der Waals surface area contributed by atoms with Crippen LogP contribution < -0.4 is 5.32 Å². The number of carbonyl (C=O) groups excluding carboxylic acids is 2. The molecule has 5 nitrogen and oxygen atoms in total. The maximum atomic E-state index is 12.8. The van der Waals surface area contributed by atoms with E-state index in [-0.39, 0.29) is 5.92 Å². The summed E-state index contributed by atoms with van der Waals surface area (Å²) in [5.41, 5.74) is 0. The van der Waals surface area contributed by atoms with Crippen molar-refractivity contribution in [3.63, 3.8) is 0 Å². The van der Waals surface area contributed by atoms with E-state index in [4.69, 9.17) is 0 Å². The van der Waals surface area contributed by atoms with Gasteiger partial charge in [-0.2, -0.15) is 0 Å². The molecule has 0 aromatic rings. The number of hydrogen-bond acceptors (Lipinski definition) is 3. The van der Waals surface area contributed by atoms with Crippen LogP contribution in [-0.4, -0.2) is 60.9 Å². The average Bonchev–Trinajstić information content (AvgIpc) is 2.68. The standard InChI is InChI=1S/C21H37N3O2/c1-16-5-4-10-24(15-16)21(26)18-7-11-23(12-8-18)20(25)13-17(2)19-6-3-9-22-14-19/h16-19,22H,3-15H2,1-2H3. The molecule has 3 fully saturated rings. The topological polar surface area (TPSA) is 52.7 Å². The summed E-state index contributed by atoms with van der Waals surface area (Å²) < 4.78 is 0. The molecule has 3 aliphatic rings. The van der Waals surface area contributed by atoms with E-state index in [9.17, 15) is 9.59 Å². The fraction of sp³-hybridized carbons (Fsp3) is 0.905. The number of rotatable bonds is 4. The highest BCUT2D eigenvalue weighted by Crippen LogP contribution is 2.26. The highest BCUT2D eigenvalue weighted by Gasteiger charge is 2.32. The van der Waals surface area contributed by atoms with Crippen LogP contribution in [0.5, 0.6) is 0 Å². The quantitative estimate of drug-likeness (QED) is 0.835. The van der Waals surface area contributed by atoms with Crippen LogP contribution in [0.4, 0.5) is 0 Å². The lowest BCUT2D eigenvalue weighted by Gasteiger charge is -2.37. The molecule has 3 heterocycles. The molecule has 3 rings (SSSR count). The van der Waals surface area contributed by atoms with Crippen molar-refractivity contribution in [2.24, 2.45) is 23.7 Å². The van der Waals surface area contributed by atoms with Crippen LogP contribution in [0.15, 0.2) is 0 Å². The Kier molecular flexibility index (Phi) is 6.96. The Bertz CT molecular complexity index is 482. The summed E-state index contributed by atoms with van der Waals surface area (Å²) in [6.45, 7) is 10.0. The molecule has 0 aromatic carbocycles. The SMILES string of the molecule is CC1CCCN(C(=O)C2CCN(C(=O)CC(C)C3CCCNC3)CC2)C1. The normalized spacial score (nSPS) is 29.5. The number of nitrogens with one attached hydrogen (secondary N) is 1. The van der Waals surface area contributed by atoms with Crippen molar-refractivity contribution < 1.29 is 9.59 Å². The zero-order valence-electron chi connectivity index (χ0n) is 16.7. The van der Waals surface area contributed by atoms with Gasteiger partial charge in [0.2, 0.25) is 11.8 Å². The second kappa shape index (κ2) is 9.20. The zero-order valence-corrected chi connectivity index (χ0v) is 16.7. The molecule has 0 aliphatic carbocycles. The van der Waals surface area contributed by atoms with Crippen molar-refractivity contribution in [2.75, 3.05) is 39.3 Å². The number of nitrogens with zero attached hydrogens (tertiary/aromatic N) is 2. The average molecular weight is 364 g/mol. The predicted octanol–water partition coefficient (Wildman–Crippen LogP) is 2.51. The number of amides is 2. The van der Waals surface area contributed by atoms with Crippen LogP contribution in [0.25, 0.3) is 0 Å². The van der Waals surface area contributed by atoms with Crippen molar-refractivity contribution in [1.82, 2.24) is 15.1 Å². The first-order valence-electron chi connectivity index (χ1n) is 10.8. The first kappa shape index (κ1) is 19.7. The van der Waals surface area contributed by atoms with Gasteiger partial charge in [0.1, 0.15) is 0 Å². The summed E-state index contributed by atoms with van der Waals surface area (Å²) in [5, 5.41) is 3.45. The molecule has 26 heavy (non-hydrogen) atoms. The summed E-state index contributed by atoms with van der Waals surface area (Å²) in [5.74, 6) is 2.47. The van der Waals surface area contributed by atoms with E-state index in [1.807, 2.05) is 4.90 Å². The lowest BCUT2D eigenvalue weighted by Crippen LogP contribution is -2.47. The molecule has 2 amide bonds. The number of piperidine rings is 3. The Morgan fingerprint density at radius 3 is 2.46 bits per heavy atom. The molecule has 0 saturated carbocycles. The molecular weight excluding hydrogens is 326 g/mol. The van der Waals surface area contributed by atoms with Gasteiger partial charge in [0, 0.05) is 38.5 Å². The van der Waals surface area contributed by atoms with E-state index in [1.165, 1.54) is 19.3 Å². The minimum absolute atomic E-state index is 0.129. The Morgan fingerprint density at radius 1 is 1.04 bits per heavy atom. The van der Waals surface area contributed by atoms with Gasteiger partial charge in [-0.05, 0) is 69.4 Å². The van der Waals surface area contributed by atoms with Gasteiger partial charge < -0.3 is 15.1 Å². The number of hydrogen-bond donors (Lipinski definition) is 1. The van der Waals surface area contributed by atoms with Crippen molar-refractivity contribution in [3.8, 4) is 0 Å². The second-order valence-electron chi connectivity index (χ2n) is 8.97. The van der Waals surface area contributed by atoms with Gasteiger partial charge >= 0.3 is 0 Å². The molecule has 148 valence electrons. The number of likely N-dealkylation sites (tertiary alicyclic amines) is 2. The Morgan fingerprint density at radius 2 is 1.81 bits per heavy atom. The van der Waals surface area contributed by atoms with E-state index in [2.05, 4.69) is 24.1 Å². The van der Waals surface area contributed by atoms with Gasteiger partial charge in [-0.1, -0.05) is 13.8 Å². The molecule has 1 N–H and O–H groups in total. The van der Waals surface area contributed by atoms with E-state index >= 15 is 0 Å². The maximum absolute atomic E-state index is 12.8. The maximum Gasteiger partial charge on any atom is 0.225 e. The Hall–Kier alpha value is -1.10. The zero-order chi connectivity index (χ0) is 18.5.